The molecule has 0 bridgehead atoms. The first-order valence-electron chi connectivity index (χ1n) is 7.40. The van der Waals surface area contributed by atoms with Crippen molar-refractivity contribution < 1.29 is 4.74 Å². The van der Waals surface area contributed by atoms with Gasteiger partial charge in [-0.25, -0.2) is 0 Å². The van der Waals surface area contributed by atoms with E-state index in [-0.39, 0.29) is 0 Å². The lowest BCUT2D eigenvalue weighted by atomic mass is 10.1. The smallest absolute Gasteiger partial charge is 0.0485 e. The van der Waals surface area contributed by atoms with E-state index in [1.54, 1.807) is 0 Å². The summed E-state index contributed by atoms with van der Waals surface area (Å²) in [6.07, 6.45) is 2.23. The first-order chi connectivity index (χ1) is 9.58. The fourth-order valence-corrected chi connectivity index (χ4v) is 3.00. The second-order valence-electron chi connectivity index (χ2n) is 5.77. The van der Waals surface area contributed by atoms with E-state index < -0.39 is 0 Å². The summed E-state index contributed by atoms with van der Waals surface area (Å²) >= 11 is 3.70. The van der Waals surface area contributed by atoms with Crippen molar-refractivity contribution in [3.05, 3.63) is 28.2 Å². The van der Waals surface area contributed by atoms with Crippen LogP contribution in [0.1, 0.15) is 32.3 Å². The van der Waals surface area contributed by atoms with Crippen LogP contribution in [0.2, 0.25) is 0 Å². The van der Waals surface area contributed by atoms with Gasteiger partial charge in [0.15, 0.2) is 0 Å². The summed E-state index contributed by atoms with van der Waals surface area (Å²) in [6, 6.07) is 7.76. The van der Waals surface area contributed by atoms with Gasteiger partial charge in [0.1, 0.15) is 0 Å². The van der Waals surface area contributed by atoms with Gasteiger partial charge in [-0.15, -0.1) is 0 Å². The van der Waals surface area contributed by atoms with E-state index in [1.807, 2.05) is 0 Å². The minimum Gasteiger partial charge on any atom is -0.381 e. The molecule has 1 N–H and O–H groups in total. The standard InChI is InChI=1S/C16H25BrN2O/c1-12(2)18-11-13-4-5-15(10-16(13)17)19(3)14-6-8-20-9-7-14/h4-5,10,12,14,18H,6-9,11H2,1-3H3. The SMILES string of the molecule is CC(C)NCc1ccc(N(C)C2CCOCC2)cc1Br. The zero-order chi connectivity index (χ0) is 14.5. The van der Waals surface area contributed by atoms with Gasteiger partial charge in [-0.1, -0.05) is 35.8 Å². The van der Waals surface area contributed by atoms with Crippen molar-refractivity contribution in [1.29, 1.82) is 0 Å². The number of nitrogens with one attached hydrogen (secondary N) is 1. The Morgan fingerprint density at radius 2 is 2.05 bits per heavy atom. The average Bonchev–Trinajstić information content (AvgIpc) is 2.46. The summed E-state index contributed by atoms with van der Waals surface area (Å²) in [5, 5.41) is 3.45. The average molecular weight is 341 g/mol. The third-order valence-corrected chi connectivity index (χ3v) is 4.62. The van der Waals surface area contributed by atoms with Crippen LogP contribution in [0.15, 0.2) is 22.7 Å². The molecule has 112 valence electrons. The van der Waals surface area contributed by atoms with Gasteiger partial charge < -0.3 is 15.0 Å². The van der Waals surface area contributed by atoms with Crippen molar-refractivity contribution in [1.82, 2.24) is 5.32 Å². The molecular formula is C16H25BrN2O. The third kappa shape index (κ3) is 4.21. The summed E-state index contributed by atoms with van der Waals surface area (Å²) < 4.78 is 6.62. The lowest BCUT2D eigenvalue weighted by molar-refractivity contribution is 0.0855. The maximum Gasteiger partial charge on any atom is 0.0485 e. The van der Waals surface area contributed by atoms with Crippen molar-refractivity contribution in [3.63, 3.8) is 0 Å². The predicted molar refractivity (Wildman–Crippen MR) is 88.4 cm³/mol. The Hall–Kier alpha value is -0.580. The van der Waals surface area contributed by atoms with Crippen LogP contribution in [0, 0.1) is 0 Å². The van der Waals surface area contributed by atoms with Gasteiger partial charge in [0, 0.05) is 49.0 Å². The van der Waals surface area contributed by atoms with Crippen molar-refractivity contribution in [3.8, 4) is 0 Å². The molecule has 1 aliphatic rings. The molecule has 1 fully saturated rings. The van der Waals surface area contributed by atoms with Gasteiger partial charge in [-0.3, -0.25) is 0 Å². The van der Waals surface area contributed by atoms with E-state index in [0.29, 0.717) is 12.1 Å². The quantitative estimate of drug-likeness (QED) is 0.886. The minimum absolute atomic E-state index is 0.506. The fraction of sp³-hybridized carbons (Fsp3) is 0.625. The molecule has 1 heterocycles. The van der Waals surface area contributed by atoms with E-state index >= 15 is 0 Å². The lowest BCUT2D eigenvalue weighted by Gasteiger charge is -2.33. The normalized spacial score (nSPS) is 16.6. The minimum atomic E-state index is 0.506. The number of hydrogen-bond donors (Lipinski definition) is 1. The van der Waals surface area contributed by atoms with Crippen molar-refractivity contribution in [2.24, 2.45) is 0 Å². The molecule has 4 heteroatoms. The molecule has 0 atom stereocenters. The Morgan fingerprint density at radius 1 is 1.35 bits per heavy atom. The van der Waals surface area contributed by atoms with Gasteiger partial charge in [-0.05, 0) is 30.5 Å². The summed E-state index contributed by atoms with van der Waals surface area (Å²) in [6.45, 7) is 7.00. The summed E-state index contributed by atoms with van der Waals surface area (Å²) in [5.74, 6) is 0. The van der Waals surface area contributed by atoms with Crippen molar-refractivity contribution in [2.75, 3.05) is 25.2 Å². The molecule has 1 aromatic carbocycles. The number of benzene rings is 1. The van der Waals surface area contributed by atoms with Crippen LogP contribution in [0.5, 0.6) is 0 Å². The van der Waals surface area contributed by atoms with E-state index in [0.717, 1.165) is 32.6 Å². The van der Waals surface area contributed by atoms with Gasteiger partial charge in [0.25, 0.3) is 0 Å². The second kappa shape index (κ2) is 7.43. The highest BCUT2D eigenvalue weighted by Crippen LogP contribution is 2.27. The van der Waals surface area contributed by atoms with E-state index in [2.05, 4.69) is 65.2 Å². The molecule has 1 aromatic rings. The third-order valence-electron chi connectivity index (χ3n) is 3.88. The Labute approximate surface area is 130 Å². The van der Waals surface area contributed by atoms with Crippen LogP contribution in [0.4, 0.5) is 5.69 Å². The molecule has 3 nitrogen and oxygen atoms in total. The summed E-state index contributed by atoms with van der Waals surface area (Å²) in [7, 11) is 2.18. The van der Waals surface area contributed by atoms with Gasteiger partial charge >= 0.3 is 0 Å². The molecule has 0 amide bonds. The largest absolute Gasteiger partial charge is 0.381 e. The molecular weight excluding hydrogens is 316 g/mol. The number of ether oxygens (including phenoxy) is 1. The number of hydrogen-bond acceptors (Lipinski definition) is 3. The first-order valence-corrected chi connectivity index (χ1v) is 8.19. The molecule has 0 aromatic heterocycles. The first kappa shape index (κ1) is 15.8. The van der Waals surface area contributed by atoms with Gasteiger partial charge in [-0.2, -0.15) is 0 Å². The van der Waals surface area contributed by atoms with Crippen LogP contribution in [0.25, 0.3) is 0 Å². The van der Waals surface area contributed by atoms with Gasteiger partial charge in [0.2, 0.25) is 0 Å². The Bertz CT molecular complexity index is 430. The zero-order valence-corrected chi connectivity index (χ0v) is 14.2. The topological polar surface area (TPSA) is 24.5 Å². The number of rotatable bonds is 5. The molecule has 20 heavy (non-hydrogen) atoms. The summed E-state index contributed by atoms with van der Waals surface area (Å²) in [5.41, 5.74) is 2.58. The predicted octanol–water partition coefficient (Wildman–Crippen LogP) is 3.56. The van der Waals surface area contributed by atoms with E-state index in [4.69, 9.17) is 4.74 Å². The Kier molecular flexibility index (Phi) is 5.87. The zero-order valence-electron chi connectivity index (χ0n) is 12.7. The maximum atomic E-state index is 5.44. The van der Waals surface area contributed by atoms with Crippen LogP contribution in [-0.4, -0.2) is 32.3 Å². The monoisotopic (exact) mass is 340 g/mol. The molecule has 0 spiro atoms. The highest BCUT2D eigenvalue weighted by Gasteiger charge is 2.19. The van der Waals surface area contributed by atoms with E-state index in [1.165, 1.54) is 15.7 Å². The van der Waals surface area contributed by atoms with Crippen molar-refractivity contribution in [2.45, 2.75) is 45.3 Å². The fourth-order valence-electron chi connectivity index (χ4n) is 2.50. The van der Waals surface area contributed by atoms with Gasteiger partial charge in [0.05, 0.1) is 0 Å². The lowest BCUT2D eigenvalue weighted by Crippen LogP contribution is -2.36. The molecule has 1 saturated heterocycles. The highest BCUT2D eigenvalue weighted by molar-refractivity contribution is 9.10. The number of anilines is 1. The van der Waals surface area contributed by atoms with Crippen LogP contribution in [0.3, 0.4) is 0 Å². The van der Waals surface area contributed by atoms with Crippen LogP contribution >= 0.6 is 15.9 Å². The molecule has 0 unspecified atom stereocenters. The molecule has 0 saturated carbocycles. The second-order valence-corrected chi connectivity index (χ2v) is 6.62. The molecule has 0 aliphatic carbocycles. The van der Waals surface area contributed by atoms with Crippen molar-refractivity contribution >= 4 is 21.6 Å². The molecule has 2 rings (SSSR count). The Balaban J connectivity index is 2.03. The highest BCUT2D eigenvalue weighted by atomic mass is 79.9. The summed E-state index contributed by atoms with van der Waals surface area (Å²) in [4.78, 5) is 2.38. The van der Waals surface area contributed by atoms with E-state index in [9.17, 15) is 0 Å². The van der Waals surface area contributed by atoms with Crippen LogP contribution < -0.4 is 10.2 Å². The number of halogens is 1. The number of nitrogens with zero attached hydrogens (tertiary/aromatic N) is 1. The Morgan fingerprint density at radius 3 is 2.65 bits per heavy atom. The van der Waals surface area contributed by atoms with Crippen LogP contribution in [-0.2, 0) is 11.3 Å². The maximum absolute atomic E-state index is 5.44. The molecule has 1 aliphatic heterocycles. The molecule has 0 radical (unpaired) electrons.